The van der Waals surface area contributed by atoms with Gasteiger partial charge in [-0.05, 0) is 18.6 Å². The van der Waals surface area contributed by atoms with Gasteiger partial charge in [-0.1, -0.05) is 12.1 Å². The van der Waals surface area contributed by atoms with E-state index in [1.165, 1.54) is 6.07 Å². The van der Waals surface area contributed by atoms with Gasteiger partial charge in [0.1, 0.15) is 13.1 Å². The number of carbonyl (C=O) groups is 3. The van der Waals surface area contributed by atoms with E-state index >= 15 is 0 Å². The van der Waals surface area contributed by atoms with Gasteiger partial charge in [0.15, 0.2) is 0 Å². The summed E-state index contributed by atoms with van der Waals surface area (Å²) in [6, 6.07) is 4.67. The molecule has 0 spiro atoms. The molecule has 1 aromatic carbocycles. The number of carbonyl (C=O) groups excluding carboxylic acids is 3. The number of nitrogens with zero attached hydrogens (tertiary/aromatic N) is 1. The van der Waals surface area contributed by atoms with Crippen LogP contribution in [0.5, 0.6) is 0 Å². The lowest BCUT2D eigenvalue weighted by atomic mass is 10.1. The highest BCUT2D eigenvalue weighted by Crippen LogP contribution is 2.31. The zero-order chi connectivity index (χ0) is 15.8. The number of halogens is 3. The molecule has 0 radical (unpaired) electrons. The van der Waals surface area contributed by atoms with Gasteiger partial charge in [0, 0.05) is 0 Å². The van der Waals surface area contributed by atoms with Crippen molar-refractivity contribution in [3.8, 4) is 0 Å². The molecule has 0 saturated heterocycles. The molecule has 1 heterocycles. The van der Waals surface area contributed by atoms with Gasteiger partial charge >= 0.3 is 6.18 Å². The van der Waals surface area contributed by atoms with E-state index in [0.717, 1.165) is 4.90 Å². The van der Waals surface area contributed by atoms with Crippen molar-refractivity contribution in [2.75, 3.05) is 18.0 Å². The Morgan fingerprint density at radius 2 is 1.95 bits per heavy atom. The Bertz CT molecular complexity index is 626. The van der Waals surface area contributed by atoms with Crippen molar-refractivity contribution < 1.29 is 27.6 Å². The second-order valence-corrected chi connectivity index (χ2v) is 4.58. The molecule has 1 N–H and O–H groups in total. The van der Waals surface area contributed by atoms with Crippen LogP contribution in [-0.2, 0) is 9.59 Å². The molecular weight excluding hydrogens is 289 g/mol. The topological polar surface area (TPSA) is 66.5 Å². The summed E-state index contributed by atoms with van der Waals surface area (Å²) in [6.45, 7) is -0.466. The first-order chi connectivity index (χ1) is 9.70. The molecule has 21 heavy (non-hydrogen) atoms. The molecule has 0 aliphatic carbocycles. The maximum atomic E-state index is 12.0. The number of hydrogen-bond acceptors (Lipinski definition) is 3. The van der Waals surface area contributed by atoms with E-state index in [2.05, 4.69) is 0 Å². The van der Waals surface area contributed by atoms with Crippen molar-refractivity contribution >= 4 is 23.3 Å². The Labute approximate surface area is 117 Å². The highest BCUT2D eigenvalue weighted by Gasteiger charge is 2.38. The molecule has 0 unspecified atom stereocenters. The number of alkyl halides is 3. The Morgan fingerprint density at radius 3 is 2.57 bits per heavy atom. The van der Waals surface area contributed by atoms with Gasteiger partial charge in [0.2, 0.25) is 5.91 Å². The zero-order valence-corrected chi connectivity index (χ0v) is 11.0. The molecule has 8 heteroatoms. The molecule has 2 rings (SSSR count). The zero-order valence-electron chi connectivity index (χ0n) is 11.0. The van der Waals surface area contributed by atoms with Gasteiger partial charge in [-0.25, -0.2) is 0 Å². The molecule has 0 saturated carbocycles. The number of fused-ring (bicyclic) bond motifs is 1. The Balaban J connectivity index is 2.17. The van der Waals surface area contributed by atoms with Crippen molar-refractivity contribution in [3.63, 3.8) is 0 Å². The van der Waals surface area contributed by atoms with Gasteiger partial charge in [0.25, 0.3) is 11.7 Å². The number of amides is 2. The third-order valence-corrected chi connectivity index (χ3v) is 2.98. The van der Waals surface area contributed by atoms with Crippen LogP contribution in [0.1, 0.15) is 15.9 Å². The van der Waals surface area contributed by atoms with Gasteiger partial charge in [-0.15, -0.1) is 0 Å². The SMILES string of the molecule is Cc1cccc2c1N(CC(=O)NCC(F)(F)F)C(=O)C2=O. The fourth-order valence-electron chi connectivity index (χ4n) is 2.09. The largest absolute Gasteiger partial charge is 0.405 e. The summed E-state index contributed by atoms with van der Waals surface area (Å²) in [5.74, 6) is -2.66. The minimum Gasteiger partial charge on any atom is -0.345 e. The van der Waals surface area contributed by atoms with E-state index in [1.54, 1.807) is 24.4 Å². The summed E-state index contributed by atoms with van der Waals surface area (Å²) in [4.78, 5) is 36.0. The van der Waals surface area contributed by atoms with E-state index in [9.17, 15) is 27.6 Å². The highest BCUT2D eigenvalue weighted by molar-refractivity contribution is 6.52. The number of anilines is 1. The first kappa shape index (κ1) is 15.0. The van der Waals surface area contributed by atoms with Crippen LogP contribution >= 0.6 is 0 Å². The molecule has 1 aromatic rings. The Kier molecular flexibility index (Phi) is 3.71. The average Bonchev–Trinajstić information content (AvgIpc) is 2.62. The molecule has 1 aliphatic rings. The van der Waals surface area contributed by atoms with Crippen molar-refractivity contribution in [1.82, 2.24) is 5.32 Å². The fourth-order valence-corrected chi connectivity index (χ4v) is 2.09. The first-order valence-electron chi connectivity index (χ1n) is 6.00. The summed E-state index contributed by atoms with van der Waals surface area (Å²) in [5.41, 5.74) is 1.02. The monoisotopic (exact) mass is 300 g/mol. The first-order valence-corrected chi connectivity index (χ1v) is 6.00. The summed E-state index contributed by atoms with van der Waals surface area (Å²) in [5, 5.41) is 1.67. The quantitative estimate of drug-likeness (QED) is 0.853. The van der Waals surface area contributed by atoms with E-state index < -0.39 is 36.9 Å². The predicted octanol–water partition coefficient (Wildman–Crippen LogP) is 1.20. The van der Waals surface area contributed by atoms with Crippen LogP contribution in [-0.4, -0.2) is 36.9 Å². The van der Waals surface area contributed by atoms with E-state index in [1.807, 2.05) is 0 Å². The van der Waals surface area contributed by atoms with Gasteiger partial charge in [-0.2, -0.15) is 13.2 Å². The molecule has 0 aromatic heterocycles. The molecule has 0 atom stereocenters. The summed E-state index contributed by atoms with van der Waals surface area (Å²) in [7, 11) is 0. The molecule has 5 nitrogen and oxygen atoms in total. The van der Waals surface area contributed by atoms with Crippen molar-refractivity contribution in [1.29, 1.82) is 0 Å². The third kappa shape index (κ3) is 3.04. The number of benzene rings is 1. The van der Waals surface area contributed by atoms with Crippen molar-refractivity contribution in [3.05, 3.63) is 29.3 Å². The van der Waals surface area contributed by atoms with Crippen molar-refractivity contribution in [2.45, 2.75) is 13.1 Å². The minimum atomic E-state index is -4.53. The predicted molar refractivity (Wildman–Crippen MR) is 66.9 cm³/mol. The lowest BCUT2D eigenvalue weighted by Crippen LogP contribution is -2.43. The second kappa shape index (κ2) is 5.19. The standard InChI is InChI=1S/C13H11F3N2O3/c1-7-3-2-4-8-10(7)18(12(21)11(8)20)5-9(19)17-6-13(14,15)16/h2-4H,5-6H2,1H3,(H,17,19). The summed E-state index contributed by atoms with van der Waals surface area (Å²) in [6.07, 6.45) is -4.53. The highest BCUT2D eigenvalue weighted by atomic mass is 19.4. The molecule has 112 valence electrons. The lowest BCUT2D eigenvalue weighted by Gasteiger charge is -2.18. The maximum absolute atomic E-state index is 12.0. The number of hydrogen-bond donors (Lipinski definition) is 1. The number of ketones is 1. The van der Waals surface area contributed by atoms with Crippen LogP contribution in [0.3, 0.4) is 0 Å². The molecule has 2 amide bonds. The van der Waals surface area contributed by atoms with E-state index in [-0.39, 0.29) is 11.3 Å². The number of Topliss-reactive ketones (excluding diaryl/α,β-unsaturated/α-hetero) is 1. The third-order valence-electron chi connectivity index (χ3n) is 2.98. The Hall–Kier alpha value is -2.38. The molecule has 0 fully saturated rings. The summed E-state index contributed by atoms with van der Waals surface area (Å²) >= 11 is 0. The van der Waals surface area contributed by atoms with Gasteiger partial charge < -0.3 is 5.32 Å². The second-order valence-electron chi connectivity index (χ2n) is 4.58. The number of nitrogens with one attached hydrogen (secondary N) is 1. The van der Waals surface area contributed by atoms with E-state index in [4.69, 9.17) is 0 Å². The van der Waals surface area contributed by atoms with Crippen LogP contribution in [0.4, 0.5) is 18.9 Å². The normalized spacial score (nSPS) is 14.4. The van der Waals surface area contributed by atoms with Gasteiger partial charge in [-0.3, -0.25) is 19.3 Å². The lowest BCUT2D eigenvalue weighted by molar-refractivity contribution is -0.137. The average molecular weight is 300 g/mol. The number of aryl methyl sites for hydroxylation is 1. The van der Waals surface area contributed by atoms with Gasteiger partial charge in [0.05, 0.1) is 11.3 Å². The smallest absolute Gasteiger partial charge is 0.345 e. The summed E-state index contributed by atoms with van der Waals surface area (Å²) < 4.78 is 36.1. The number of rotatable bonds is 3. The molecule has 1 aliphatic heterocycles. The van der Waals surface area contributed by atoms with Crippen LogP contribution in [0.2, 0.25) is 0 Å². The van der Waals surface area contributed by atoms with Crippen molar-refractivity contribution in [2.24, 2.45) is 0 Å². The van der Waals surface area contributed by atoms with Crippen LogP contribution < -0.4 is 10.2 Å². The van der Waals surface area contributed by atoms with Crippen LogP contribution in [0.25, 0.3) is 0 Å². The molecule has 0 bridgehead atoms. The minimum absolute atomic E-state index is 0.156. The number of para-hydroxylation sites is 1. The maximum Gasteiger partial charge on any atom is 0.405 e. The van der Waals surface area contributed by atoms with Crippen LogP contribution in [0.15, 0.2) is 18.2 Å². The Morgan fingerprint density at radius 1 is 1.29 bits per heavy atom. The fraction of sp³-hybridized carbons (Fsp3) is 0.308. The molecular formula is C13H11F3N2O3. The van der Waals surface area contributed by atoms with E-state index in [0.29, 0.717) is 5.56 Å². The van der Waals surface area contributed by atoms with Crippen LogP contribution in [0, 0.1) is 6.92 Å².